The van der Waals surface area contributed by atoms with Crippen LogP contribution in [0, 0.1) is 13.8 Å². The largest absolute Gasteiger partial charge is 0.513 e. The highest BCUT2D eigenvalue weighted by Gasteiger charge is 2.56. The van der Waals surface area contributed by atoms with Crippen LogP contribution in [-0.2, 0) is 25.7 Å². The first-order valence-corrected chi connectivity index (χ1v) is 14.4. The van der Waals surface area contributed by atoms with Crippen molar-refractivity contribution < 1.29 is 23.9 Å². The van der Waals surface area contributed by atoms with Crippen LogP contribution >= 0.6 is 23.2 Å². The maximum absolute atomic E-state index is 14.5. The minimum absolute atomic E-state index is 0.142. The number of ether oxygens (including phenoxy) is 2. The molecule has 2 aliphatic rings. The topological polar surface area (TPSA) is 68.3 Å². The van der Waals surface area contributed by atoms with Crippen molar-refractivity contribution in [3.8, 4) is 0 Å². The van der Waals surface area contributed by atoms with E-state index in [9.17, 15) is 9.59 Å². The quantitative estimate of drug-likeness (QED) is 0.264. The Morgan fingerprint density at radius 1 is 0.927 bits per heavy atom. The first kappa shape index (κ1) is 29.1. The molecule has 2 aliphatic heterocycles. The fourth-order valence-corrected chi connectivity index (χ4v) is 6.22. The number of piperidine rings is 1. The number of hydrogen-bond donors (Lipinski definition) is 0. The molecule has 9 heteroatoms. The molecular formula is C32H32Cl2N2O5. The van der Waals surface area contributed by atoms with Gasteiger partial charge in [0.15, 0.2) is 5.76 Å². The van der Waals surface area contributed by atoms with E-state index in [1.54, 1.807) is 24.0 Å². The Hall–Kier alpha value is -3.36. The molecule has 5 rings (SSSR count). The fraction of sp³-hybridized carbons (Fsp3) is 0.312. The van der Waals surface area contributed by atoms with Crippen molar-refractivity contribution in [1.29, 1.82) is 0 Å². The van der Waals surface area contributed by atoms with Gasteiger partial charge in [-0.3, -0.25) is 14.5 Å². The van der Waals surface area contributed by atoms with Gasteiger partial charge >= 0.3 is 6.16 Å². The normalized spacial score (nSPS) is 16.9. The third-order valence-corrected chi connectivity index (χ3v) is 8.05. The van der Waals surface area contributed by atoms with E-state index in [2.05, 4.69) is 0 Å². The third-order valence-electron chi connectivity index (χ3n) is 7.58. The summed E-state index contributed by atoms with van der Waals surface area (Å²) in [4.78, 5) is 35.3. The molecule has 2 heterocycles. The molecule has 0 bridgehead atoms. The number of carbonyl (C=O) groups is 2. The summed E-state index contributed by atoms with van der Waals surface area (Å²) in [6.45, 7) is 7.09. The van der Waals surface area contributed by atoms with Gasteiger partial charge < -0.3 is 9.47 Å². The van der Waals surface area contributed by atoms with Crippen LogP contribution in [0.25, 0.3) is 5.57 Å². The average molecular weight is 596 g/mol. The first-order chi connectivity index (χ1) is 19.7. The highest BCUT2D eigenvalue weighted by Crippen LogP contribution is 2.50. The third kappa shape index (κ3) is 5.86. The molecule has 0 aliphatic carbocycles. The Bertz CT molecular complexity index is 1440. The monoisotopic (exact) mass is 594 g/mol. The summed E-state index contributed by atoms with van der Waals surface area (Å²) in [5, 5.41) is 3.02. The molecule has 0 unspecified atom stereocenters. The number of rotatable bonds is 7. The van der Waals surface area contributed by atoms with Crippen LogP contribution in [0.15, 0.2) is 72.5 Å². The van der Waals surface area contributed by atoms with Gasteiger partial charge in [0.05, 0.1) is 18.8 Å². The van der Waals surface area contributed by atoms with Gasteiger partial charge in [0, 0.05) is 28.8 Å². The number of nitrogens with zero attached hydrogens (tertiary/aromatic N) is 2. The van der Waals surface area contributed by atoms with Gasteiger partial charge in [0.1, 0.15) is 5.54 Å². The van der Waals surface area contributed by atoms with Gasteiger partial charge in [-0.2, -0.15) is 5.06 Å². The van der Waals surface area contributed by atoms with E-state index in [1.165, 1.54) is 0 Å². The molecule has 3 aromatic rings. The van der Waals surface area contributed by atoms with Gasteiger partial charge in [0.25, 0.3) is 5.91 Å². The number of hydroxylamine groups is 2. The van der Waals surface area contributed by atoms with E-state index >= 15 is 0 Å². The molecule has 1 saturated heterocycles. The van der Waals surface area contributed by atoms with Crippen LogP contribution in [0.4, 0.5) is 10.5 Å². The molecule has 0 saturated carbocycles. The molecule has 1 fully saturated rings. The lowest BCUT2D eigenvalue weighted by atomic mass is 9.84. The lowest BCUT2D eigenvalue weighted by Crippen LogP contribution is -2.56. The molecule has 3 aromatic carbocycles. The number of benzene rings is 3. The van der Waals surface area contributed by atoms with Crippen LogP contribution in [0.3, 0.4) is 0 Å². The Balaban J connectivity index is 1.59. The zero-order chi connectivity index (χ0) is 29.1. The van der Waals surface area contributed by atoms with Crippen molar-refractivity contribution in [2.45, 2.75) is 45.8 Å². The molecule has 0 aromatic heterocycles. The number of halogens is 2. The van der Waals surface area contributed by atoms with Gasteiger partial charge in [-0.1, -0.05) is 53.5 Å². The van der Waals surface area contributed by atoms with Crippen LogP contribution in [0.1, 0.15) is 42.0 Å². The lowest BCUT2D eigenvalue weighted by molar-refractivity contribution is -0.185. The highest BCUT2D eigenvalue weighted by molar-refractivity contribution is 6.33. The molecular weight excluding hydrogens is 563 g/mol. The van der Waals surface area contributed by atoms with Crippen molar-refractivity contribution in [3.63, 3.8) is 0 Å². The second kappa shape index (κ2) is 12.2. The van der Waals surface area contributed by atoms with E-state index in [-0.39, 0.29) is 18.3 Å². The summed E-state index contributed by atoms with van der Waals surface area (Å²) in [6.07, 6.45) is 0.0670. The minimum Gasteiger partial charge on any atom is -0.434 e. The van der Waals surface area contributed by atoms with Crippen LogP contribution < -0.4 is 4.90 Å². The van der Waals surface area contributed by atoms with Crippen LogP contribution in [0.2, 0.25) is 10.0 Å². The van der Waals surface area contributed by atoms with E-state index in [1.807, 2.05) is 73.5 Å². The second-order valence-corrected chi connectivity index (χ2v) is 11.1. The number of anilines is 1. The maximum atomic E-state index is 14.5. The number of amides is 1. The predicted molar refractivity (Wildman–Crippen MR) is 160 cm³/mol. The van der Waals surface area contributed by atoms with E-state index < -0.39 is 11.7 Å². The van der Waals surface area contributed by atoms with E-state index in [0.717, 1.165) is 16.7 Å². The smallest absolute Gasteiger partial charge is 0.434 e. The molecule has 0 N–H and O–H groups in total. The van der Waals surface area contributed by atoms with Crippen LogP contribution in [-0.4, -0.2) is 42.4 Å². The summed E-state index contributed by atoms with van der Waals surface area (Å²) < 4.78 is 11.2. The van der Waals surface area contributed by atoms with Crippen LogP contribution in [0.5, 0.6) is 0 Å². The second-order valence-electron chi connectivity index (χ2n) is 10.2. The molecule has 0 radical (unpaired) electrons. The number of hydrogen-bond acceptors (Lipinski definition) is 6. The Morgan fingerprint density at radius 3 is 2.17 bits per heavy atom. The summed E-state index contributed by atoms with van der Waals surface area (Å²) in [5.41, 5.74) is 3.39. The fourth-order valence-electron chi connectivity index (χ4n) is 5.77. The van der Waals surface area contributed by atoms with Crippen molar-refractivity contribution in [2.24, 2.45) is 0 Å². The molecule has 1 amide bonds. The van der Waals surface area contributed by atoms with Gasteiger partial charge in [0.2, 0.25) is 0 Å². The highest BCUT2D eigenvalue weighted by atomic mass is 35.5. The number of aryl methyl sites for hydroxylation is 2. The van der Waals surface area contributed by atoms with Gasteiger partial charge in [-0.05, 0) is 92.3 Å². The standard InChI is InChI=1S/C32H32Cl2N2O5/c1-4-39-31(38)41-29-28(27-21(2)18-25(34)19-22(27)3)30(37)36(26-12-10-24(33)11-13-26)32(29)14-16-35(17-15-32)40-20-23-8-6-5-7-9-23/h5-13,18-19H,4,14-17,20H2,1-3H3. The van der Waals surface area contributed by atoms with Crippen molar-refractivity contribution >= 4 is 46.5 Å². The Kier molecular flexibility index (Phi) is 8.71. The summed E-state index contributed by atoms with van der Waals surface area (Å²) in [6, 6.07) is 20.7. The first-order valence-electron chi connectivity index (χ1n) is 13.6. The molecule has 1 spiro atoms. The molecule has 0 atom stereocenters. The van der Waals surface area contributed by atoms with Crippen molar-refractivity contribution in [1.82, 2.24) is 5.06 Å². The zero-order valence-electron chi connectivity index (χ0n) is 23.3. The summed E-state index contributed by atoms with van der Waals surface area (Å²) >= 11 is 12.6. The number of carbonyl (C=O) groups excluding carboxylic acids is 2. The summed E-state index contributed by atoms with van der Waals surface area (Å²) in [7, 11) is 0. The van der Waals surface area contributed by atoms with Crippen molar-refractivity contribution in [3.05, 3.63) is 105 Å². The zero-order valence-corrected chi connectivity index (χ0v) is 24.8. The van der Waals surface area contributed by atoms with E-state index in [4.69, 9.17) is 37.5 Å². The van der Waals surface area contributed by atoms with Gasteiger partial charge in [-0.15, -0.1) is 0 Å². The average Bonchev–Trinajstić information content (AvgIpc) is 3.16. The summed E-state index contributed by atoms with van der Waals surface area (Å²) in [5.74, 6) is 0.0194. The molecule has 7 nitrogen and oxygen atoms in total. The molecule has 41 heavy (non-hydrogen) atoms. The maximum Gasteiger partial charge on any atom is 0.513 e. The van der Waals surface area contributed by atoms with Gasteiger partial charge in [-0.25, -0.2) is 4.79 Å². The van der Waals surface area contributed by atoms with E-state index in [0.29, 0.717) is 59.4 Å². The molecule has 214 valence electrons. The Morgan fingerprint density at radius 2 is 1.56 bits per heavy atom. The van der Waals surface area contributed by atoms with Crippen molar-refractivity contribution in [2.75, 3.05) is 24.6 Å². The predicted octanol–water partition coefficient (Wildman–Crippen LogP) is 7.51. The Labute approximate surface area is 250 Å². The SMILES string of the molecule is CCOC(=O)OC1=C(c2c(C)cc(Cl)cc2C)C(=O)N(c2ccc(Cl)cc2)C12CCN(OCc1ccccc1)CC2. The lowest BCUT2D eigenvalue weighted by Gasteiger charge is -2.44. The minimum atomic E-state index is -0.960.